The number of rotatable bonds is 23. The summed E-state index contributed by atoms with van der Waals surface area (Å²) in [4.78, 5) is 37.5. The second kappa shape index (κ2) is 25.1. The number of aromatic carboxylic acids is 1. The predicted molar refractivity (Wildman–Crippen MR) is 185 cm³/mol. The minimum atomic E-state index is -1.18. The maximum absolute atomic E-state index is 13.1. The van der Waals surface area contributed by atoms with E-state index < -0.39 is 18.0 Å². The average Bonchev–Trinajstić information content (AvgIpc) is 2.99. The van der Waals surface area contributed by atoms with Crippen molar-refractivity contribution in [3.63, 3.8) is 0 Å². The summed E-state index contributed by atoms with van der Waals surface area (Å²) in [6.07, 6.45) is 31.1. The molecule has 0 bridgehead atoms. The lowest BCUT2D eigenvalue weighted by Crippen LogP contribution is -2.47. The molecule has 0 aliphatic carbocycles. The van der Waals surface area contributed by atoms with Crippen LogP contribution in [0.1, 0.15) is 102 Å². The number of carbonyl (C=O) groups excluding carboxylic acids is 2. The van der Waals surface area contributed by atoms with Gasteiger partial charge in [0.2, 0.25) is 5.91 Å². The Balaban J connectivity index is 2.35. The van der Waals surface area contributed by atoms with Gasteiger partial charge in [0.25, 0.3) is 0 Å². The van der Waals surface area contributed by atoms with E-state index >= 15 is 0 Å². The summed E-state index contributed by atoms with van der Waals surface area (Å²) >= 11 is 1.61. The number of carboxylic acid groups (broad SMARTS) is 1. The Bertz CT molecular complexity index is 1120. The summed E-state index contributed by atoms with van der Waals surface area (Å²) < 4.78 is 5.43. The molecular formula is C37H53NO5S. The van der Waals surface area contributed by atoms with Crippen LogP contribution in [0.15, 0.2) is 85.0 Å². The van der Waals surface area contributed by atoms with E-state index in [2.05, 4.69) is 73.0 Å². The van der Waals surface area contributed by atoms with Crippen LogP contribution in [0.5, 0.6) is 5.75 Å². The van der Waals surface area contributed by atoms with E-state index in [9.17, 15) is 19.5 Å². The topological polar surface area (TPSA) is 92.7 Å². The van der Waals surface area contributed by atoms with Crippen LogP contribution in [-0.2, 0) is 9.59 Å². The van der Waals surface area contributed by atoms with E-state index in [0.29, 0.717) is 12.8 Å². The molecule has 2 N–H and O–H groups in total. The molecule has 0 spiro atoms. The predicted octanol–water partition coefficient (Wildman–Crippen LogP) is 9.25. The number of nitrogens with one attached hydrogen (secondary N) is 1. The number of hydrogen-bond donors (Lipinski definition) is 2. The Hall–Kier alpha value is -3.32. The molecule has 2 unspecified atom stereocenters. The smallest absolute Gasteiger partial charge is 0.339 e. The van der Waals surface area contributed by atoms with Crippen molar-refractivity contribution in [2.75, 3.05) is 5.75 Å². The summed E-state index contributed by atoms with van der Waals surface area (Å²) in [5.41, 5.74) is -0.0953. The van der Waals surface area contributed by atoms with Crippen LogP contribution in [0, 0.1) is 5.92 Å². The van der Waals surface area contributed by atoms with Gasteiger partial charge in [0.15, 0.2) is 0 Å². The third-order valence-electron chi connectivity index (χ3n) is 6.54. The molecule has 0 aliphatic rings. The Morgan fingerprint density at radius 1 is 0.841 bits per heavy atom. The van der Waals surface area contributed by atoms with Gasteiger partial charge in [-0.15, -0.1) is 11.8 Å². The van der Waals surface area contributed by atoms with Crippen LogP contribution in [-0.4, -0.2) is 40.0 Å². The first-order valence-electron chi connectivity index (χ1n) is 16.0. The van der Waals surface area contributed by atoms with Crippen LogP contribution in [0.2, 0.25) is 0 Å². The minimum absolute atomic E-state index is 0.0260. The van der Waals surface area contributed by atoms with Gasteiger partial charge in [0.1, 0.15) is 17.4 Å². The summed E-state index contributed by atoms with van der Waals surface area (Å²) in [5.74, 6) is -1.06. The molecular weight excluding hydrogens is 570 g/mol. The molecule has 0 aliphatic heterocycles. The van der Waals surface area contributed by atoms with Crippen LogP contribution in [0.3, 0.4) is 0 Å². The fraction of sp³-hybridized carbons (Fsp3) is 0.486. The second-order valence-electron chi connectivity index (χ2n) is 10.9. The molecule has 1 aromatic carbocycles. The van der Waals surface area contributed by atoms with E-state index in [1.807, 2.05) is 20.8 Å². The lowest BCUT2D eigenvalue weighted by molar-refractivity contribution is -0.139. The minimum Gasteiger partial charge on any atom is -0.478 e. The summed E-state index contributed by atoms with van der Waals surface area (Å²) in [6, 6.07) is 5.15. The molecule has 6 nitrogen and oxygen atoms in total. The van der Waals surface area contributed by atoms with Crippen molar-refractivity contribution < 1.29 is 24.2 Å². The highest BCUT2D eigenvalue weighted by atomic mass is 32.2. The van der Waals surface area contributed by atoms with E-state index in [4.69, 9.17) is 4.74 Å². The lowest BCUT2D eigenvalue weighted by Gasteiger charge is -2.22. The molecule has 0 aromatic heterocycles. The first-order valence-corrected chi connectivity index (χ1v) is 17.1. The van der Waals surface area contributed by atoms with Crippen LogP contribution in [0.4, 0.5) is 0 Å². The quantitative estimate of drug-likeness (QED) is 0.0546. The Labute approximate surface area is 269 Å². The van der Waals surface area contributed by atoms with Gasteiger partial charge in [-0.25, -0.2) is 9.59 Å². The molecule has 2 atom stereocenters. The molecule has 1 amide bonds. The van der Waals surface area contributed by atoms with Gasteiger partial charge in [-0.05, 0) is 88.0 Å². The number of carboxylic acids is 1. The van der Waals surface area contributed by atoms with Crippen molar-refractivity contribution in [3.8, 4) is 5.75 Å². The number of benzene rings is 1. The average molecular weight is 624 g/mol. The zero-order chi connectivity index (χ0) is 32.4. The van der Waals surface area contributed by atoms with Crippen molar-refractivity contribution in [2.45, 2.75) is 103 Å². The molecule has 7 heteroatoms. The third kappa shape index (κ3) is 18.4. The van der Waals surface area contributed by atoms with Crippen molar-refractivity contribution in [3.05, 3.63) is 90.6 Å². The zero-order valence-corrected chi connectivity index (χ0v) is 27.9. The van der Waals surface area contributed by atoms with Crippen molar-refractivity contribution >= 4 is 29.6 Å². The molecule has 1 rings (SSSR count). The van der Waals surface area contributed by atoms with Gasteiger partial charge in [0, 0.05) is 0 Å². The largest absolute Gasteiger partial charge is 0.478 e. The molecule has 242 valence electrons. The number of amides is 1. The first-order chi connectivity index (χ1) is 21.3. The Morgan fingerprint density at radius 3 is 1.95 bits per heavy atom. The maximum atomic E-state index is 13.1. The summed E-state index contributed by atoms with van der Waals surface area (Å²) in [6.45, 7) is 8.03. The van der Waals surface area contributed by atoms with E-state index in [1.165, 1.54) is 12.1 Å². The van der Waals surface area contributed by atoms with E-state index in [-0.39, 0.29) is 28.4 Å². The van der Waals surface area contributed by atoms with E-state index in [1.54, 1.807) is 23.9 Å². The lowest BCUT2D eigenvalue weighted by atomic mass is 10.0. The highest BCUT2D eigenvalue weighted by Crippen LogP contribution is 2.21. The van der Waals surface area contributed by atoms with Crippen LogP contribution in [0.25, 0.3) is 0 Å². The van der Waals surface area contributed by atoms with Gasteiger partial charge < -0.3 is 15.2 Å². The van der Waals surface area contributed by atoms with Gasteiger partial charge >= 0.3 is 11.9 Å². The molecule has 0 fully saturated rings. The highest BCUT2D eigenvalue weighted by Gasteiger charge is 2.28. The van der Waals surface area contributed by atoms with E-state index in [0.717, 1.165) is 57.1 Å². The number of carbonyl (C=O) groups is 3. The van der Waals surface area contributed by atoms with Crippen molar-refractivity contribution in [2.24, 2.45) is 5.92 Å². The molecule has 0 radical (unpaired) electrons. The SMILES string of the molecule is CC/C=C\C/C=C\C/C=C\C/C=C\C/C=C\CCCCSC(CC)C(=O)NC(CC(C)C)C(=O)Oc1ccccc1C(=O)O. The number of thioether (sulfide) groups is 1. The third-order valence-corrected chi connectivity index (χ3v) is 8.02. The highest BCUT2D eigenvalue weighted by molar-refractivity contribution is 8.00. The number of para-hydroxylation sites is 1. The number of esters is 1. The molecule has 0 heterocycles. The Kier molecular flexibility index (Phi) is 22.0. The second-order valence-corrected chi connectivity index (χ2v) is 12.2. The summed E-state index contributed by atoms with van der Waals surface area (Å²) in [5, 5.41) is 12.0. The maximum Gasteiger partial charge on any atom is 0.339 e. The molecule has 1 aromatic rings. The van der Waals surface area contributed by atoms with Crippen LogP contribution >= 0.6 is 11.8 Å². The molecule has 0 saturated heterocycles. The fourth-order valence-corrected chi connectivity index (χ4v) is 5.31. The van der Waals surface area contributed by atoms with Gasteiger partial charge in [-0.3, -0.25) is 4.79 Å². The molecule has 44 heavy (non-hydrogen) atoms. The number of ether oxygens (including phenoxy) is 1. The van der Waals surface area contributed by atoms with Crippen LogP contribution < -0.4 is 10.1 Å². The normalized spacial score (nSPS) is 13.6. The van der Waals surface area contributed by atoms with Crippen molar-refractivity contribution in [1.82, 2.24) is 5.32 Å². The zero-order valence-electron chi connectivity index (χ0n) is 27.1. The number of allylic oxidation sites excluding steroid dienone is 10. The molecule has 0 saturated carbocycles. The first kappa shape index (κ1) is 38.7. The number of hydrogen-bond acceptors (Lipinski definition) is 5. The van der Waals surface area contributed by atoms with Crippen molar-refractivity contribution in [1.29, 1.82) is 0 Å². The number of unbranched alkanes of at least 4 members (excludes halogenated alkanes) is 2. The Morgan fingerprint density at radius 2 is 1.41 bits per heavy atom. The monoisotopic (exact) mass is 623 g/mol. The fourth-order valence-electron chi connectivity index (χ4n) is 4.20. The van der Waals surface area contributed by atoms with Gasteiger partial charge in [-0.1, -0.05) is 101 Å². The standard InChI is InChI=1S/C37H53NO5S/c1-5-7-8-9-10-11-12-13-14-15-16-17-18-19-20-21-22-25-28-44-34(6-2)35(39)38-32(29-30(3)4)37(42)43-33-27-24-23-26-31(33)36(40)41/h7-8,10-11,13-14,16-17,19-20,23-24,26-27,30,32,34H,5-6,9,12,15,18,21-22,25,28-29H2,1-4H3,(H,38,39)(H,40,41)/b8-7-,11-10-,14-13-,17-16-,20-19-. The van der Waals surface area contributed by atoms with Gasteiger partial charge in [-0.2, -0.15) is 0 Å². The van der Waals surface area contributed by atoms with Gasteiger partial charge in [0.05, 0.1) is 5.25 Å². The summed E-state index contributed by atoms with van der Waals surface area (Å²) in [7, 11) is 0.